The van der Waals surface area contributed by atoms with Gasteiger partial charge in [0.1, 0.15) is 0 Å². The van der Waals surface area contributed by atoms with Crippen LogP contribution in [0.2, 0.25) is 0 Å². The molecule has 3 rings (SSSR count). The number of rotatable bonds is 3. The molecule has 0 saturated heterocycles. The maximum Gasteiger partial charge on any atom is 0.257 e. The summed E-state index contributed by atoms with van der Waals surface area (Å²) in [5.74, 6) is -0.295. The molecular weight excluding hydrogens is 322 g/mol. The van der Waals surface area contributed by atoms with Crippen LogP contribution in [0, 0.1) is 13.8 Å². The zero-order valence-corrected chi connectivity index (χ0v) is 14.5. The van der Waals surface area contributed by atoms with Gasteiger partial charge in [-0.3, -0.25) is 14.9 Å². The summed E-state index contributed by atoms with van der Waals surface area (Å²) in [4.78, 5) is 28.0. The van der Waals surface area contributed by atoms with Crippen LogP contribution >= 0.6 is 11.3 Å². The SMILES string of the molecule is CC(=O)Nc1ccc2nc(NC(=O)c3ccc(C)cc3C)sc2c1. The van der Waals surface area contributed by atoms with E-state index < -0.39 is 0 Å². The van der Waals surface area contributed by atoms with E-state index in [2.05, 4.69) is 15.6 Å². The minimum absolute atomic E-state index is 0.123. The van der Waals surface area contributed by atoms with E-state index in [9.17, 15) is 9.59 Å². The minimum Gasteiger partial charge on any atom is -0.326 e. The number of carbonyl (C=O) groups is 2. The van der Waals surface area contributed by atoms with Gasteiger partial charge in [0.25, 0.3) is 5.91 Å². The number of aryl methyl sites for hydroxylation is 2. The van der Waals surface area contributed by atoms with Crippen LogP contribution in [0.4, 0.5) is 10.8 Å². The molecule has 0 bridgehead atoms. The van der Waals surface area contributed by atoms with Gasteiger partial charge in [0, 0.05) is 18.2 Å². The van der Waals surface area contributed by atoms with Crippen LogP contribution in [-0.2, 0) is 4.79 Å². The van der Waals surface area contributed by atoms with Crippen LogP contribution in [0.5, 0.6) is 0 Å². The Morgan fingerprint density at radius 3 is 2.54 bits per heavy atom. The van der Waals surface area contributed by atoms with Gasteiger partial charge in [-0.1, -0.05) is 29.0 Å². The molecule has 122 valence electrons. The molecule has 0 fully saturated rings. The molecule has 24 heavy (non-hydrogen) atoms. The Balaban J connectivity index is 1.84. The predicted octanol–water partition coefficient (Wildman–Crippen LogP) is 4.12. The Labute approximate surface area is 143 Å². The van der Waals surface area contributed by atoms with E-state index in [-0.39, 0.29) is 11.8 Å². The van der Waals surface area contributed by atoms with Gasteiger partial charge in [0.2, 0.25) is 5.91 Å². The zero-order valence-electron chi connectivity index (χ0n) is 13.6. The topological polar surface area (TPSA) is 71.1 Å². The first-order valence-corrected chi connectivity index (χ1v) is 8.31. The van der Waals surface area contributed by atoms with Crippen LogP contribution in [-0.4, -0.2) is 16.8 Å². The van der Waals surface area contributed by atoms with Crippen molar-refractivity contribution < 1.29 is 9.59 Å². The van der Waals surface area contributed by atoms with Crippen molar-refractivity contribution in [3.63, 3.8) is 0 Å². The highest BCUT2D eigenvalue weighted by atomic mass is 32.1. The van der Waals surface area contributed by atoms with Crippen LogP contribution < -0.4 is 10.6 Å². The number of nitrogens with zero attached hydrogens (tertiary/aromatic N) is 1. The fraction of sp³-hybridized carbons (Fsp3) is 0.167. The number of amides is 2. The molecule has 5 nitrogen and oxygen atoms in total. The van der Waals surface area contributed by atoms with Gasteiger partial charge in [0.05, 0.1) is 10.2 Å². The maximum absolute atomic E-state index is 12.4. The van der Waals surface area contributed by atoms with E-state index in [4.69, 9.17) is 0 Å². The summed E-state index contributed by atoms with van der Waals surface area (Å²) in [6.45, 7) is 5.38. The zero-order chi connectivity index (χ0) is 17.3. The third-order valence-corrected chi connectivity index (χ3v) is 4.49. The largest absolute Gasteiger partial charge is 0.326 e. The van der Waals surface area contributed by atoms with Crippen molar-refractivity contribution in [3.05, 3.63) is 53.1 Å². The molecule has 2 aromatic carbocycles. The Hall–Kier alpha value is -2.73. The quantitative estimate of drug-likeness (QED) is 0.754. The number of benzene rings is 2. The predicted molar refractivity (Wildman–Crippen MR) is 97.8 cm³/mol. The molecule has 0 aliphatic heterocycles. The van der Waals surface area contributed by atoms with E-state index in [1.165, 1.54) is 18.3 Å². The summed E-state index contributed by atoms with van der Waals surface area (Å²) >= 11 is 1.38. The molecule has 1 aromatic heterocycles. The summed E-state index contributed by atoms with van der Waals surface area (Å²) in [5, 5.41) is 6.12. The van der Waals surface area contributed by atoms with Crippen LogP contribution in [0.15, 0.2) is 36.4 Å². The lowest BCUT2D eigenvalue weighted by atomic mass is 10.1. The summed E-state index contributed by atoms with van der Waals surface area (Å²) in [5.41, 5.74) is 4.19. The van der Waals surface area contributed by atoms with E-state index in [1.54, 1.807) is 6.07 Å². The maximum atomic E-state index is 12.4. The van der Waals surface area contributed by atoms with Gasteiger partial charge in [-0.05, 0) is 43.7 Å². The van der Waals surface area contributed by atoms with E-state index >= 15 is 0 Å². The number of hydrogen-bond acceptors (Lipinski definition) is 4. The molecular formula is C18H17N3O2S. The highest BCUT2D eigenvalue weighted by Crippen LogP contribution is 2.29. The summed E-state index contributed by atoms with van der Waals surface area (Å²) in [6, 6.07) is 11.2. The summed E-state index contributed by atoms with van der Waals surface area (Å²) < 4.78 is 0.900. The number of aromatic nitrogens is 1. The lowest BCUT2D eigenvalue weighted by Crippen LogP contribution is -2.13. The molecule has 0 atom stereocenters. The standard InChI is InChI=1S/C18H17N3O2S/c1-10-4-6-14(11(2)8-10)17(23)21-18-20-15-7-5-13(19-12(3)22)9-16(15)24-18/h4-9H,1-3H3,(H,19,22)(H,20,21,23). The molecule has 0 radical (unpaired) electrons. The Morgan fingerprint density at radius 1 is 1.04 bits per heavy atom. The minimum atomic E-state index is -0.173. The van der Waals surface area contributed by atoms with Gasteiger partial charge in [0.15, 0.2) is 5.13 Å². The normalized spacial score (nSPS) is 10.6. The molecule has 6 heteroatoms. The number of hydrogen-bond donors (Lipinski definition) is 2. The summed E-state index contributed by atoms with van der Waals surface area (Å²) in [6.07, 6.45) is 0. The van der Waals surface area contributed by atoms with Crippen LogP contribution in [0.1, 0.15) is 28.4 Å². The van der Waals surface area contributed by atoms with Gasteiger partial charge in [-0.2, -0.15) is 0 Å². The van der Waals surface area contributed by atoms with E-state index in [0.717, 1.165) is 21.3 Å². The second-order valence-electron chi connectivity index (χ2n) is 5.66. The van der Waals surface area contributed by atoms with Gasteiger partial charge < -0.3 is 5.32 Å². The van der Waals surface area contributed by atoms with Crippen molar-refractivity contribution >= 4 is 44.2 Å². The van der Waals surface area contributed by atoms with Crippen LogP contribution in [0.25, 0.3) is 10.2 Å². The van der Waals surface area contributed by atoms with Gasteiger partial charge >= 0.3 is 0 Å². The van der Waals surface area contributed by atoms with E-state index in [0.29, 0.717) is 16.4 Å². The van der Waals surface area contributed by atoms with Crippen molar-refractivity contribution in [2.75, 3.05) is 10.6 Å². The molecule has 3 aromatic rings. The lowest BCUT2D eigenvalue weighted by molar-refractivity contribution is -0.114. The molecule has 1 heterocycles. The summed E-state index contributed by atoms with van der Waals surface area (Å²) in [7, 11) is 0. The first kappa shape index (κ1) is 16.1. The molecule has 0 spiro atoms. The molecule has 0 aliphatic carbocycles. The molecule has 0 saturated carbocycles. The highest BCUT2D eigenvalue weighted by Gasteiger charge is 2.12. The van der Waals surface area contributed by atoms with Crippen LogP contribution in [0.3, 0.4) is 0 Å². The number of nitrogens with one attached hydrogen (secondary N) is 2. The average molecular weight is 339 g/mol. The van der Waals surface area contributed by atoms with Crippen molar-refractivity contribution in [2.24, 2.45) is 0 Å². The van der Waals surface area contributed by atoms with Gasteiger partial charge in [-0.25, -0.2) is 4.98 Å². The highest BCUT2D eigenvalue weighted by molar-refractivity contribution is 7.22. The molecule has 2 N–H and O–H groups in total. The number of carbonyl (C=O) groups excluding carboxylic acids is 2. The fourth-order valence-electron chi connectivity index (χ4n) is 2.49. The third kappa shape index (κ3) is 3.44. The third-order valence-electron chi connectivity index (χ3n) is 3.56. The second kappa shape index (κ2) is 6.41. The molecule has 0 unspecified atom stereocenters. The first-order valence-electron chi connectivity index (χ1n) is 7.49. The molecule has 0 aliphatic rings. The van der Waals surface area contributed by atoms with Gasteiger partial charge in [-0.15, -0.1) is 0 Å². The number of anilines is 2. The monoisotopic (exact) mass is 339 g/mol. The smallest absolute Gasteiger partial charge is 0.257 e. The Kier molecular flexibility index (Phi) is 4.31. The second-order valence-corrected chi connectivity index (χ2v) is 6.69. The number of fused-ring (bicyclic) bond motifs is 1. The first-order chi connectivity index (χ1) is 11.4. The average Bonchev–Trinajstić information content (AvgIpc) is 2.87. The fourth-order valence-corrected chi connectivity index (χ4v) is 3.39. The lowest BCUT2D eigenvalue weighted by Gasteiger charge is -2.06. The van der Waals surface area contributed by atoms with E-state index in [1.807, 2.05) is 44.2 Å². The Bertz CT molecular complexity index is 947. The number of thiazole rings is 1. The van der Waals surface area contributed by atoms with Crippen molar-refractivity contribution in [1.82, 2.24) is 4.98 Å². The van der Waals surface area contributed by atoms with Crippen molar-refractivity contribution in [3.8, 4) is 0 Å². The van der Waals surface area contributed by atoms with Crippen molar-refractivity contribution in [2.45, 2.75) is 20.8 Å². The van der Waals surface area contributed by atoms with Crippen molar-refractivity contribution in [1.29, 1.82) is 0 Å². The Morgan fingerprint density at radius 2 is 1.83 bits per heavy atom. The molecule has 2 amide bonds.